The van der Waals surface area contributed by atoms with Crippen LogP contribution >= 0.6 is 0 Å². The Morgan fingerprint density at radius 3 is 2.50 bits per heavy atom. The molecule has 132 valence electrons. The molecule has 0 bridgehead atoms. The molecule has 3 aromatic rings. The lowest BCUT2D eigenvalue weighted by Crippen LogP contribution is -2.34. The van der Waals surface area contributed by atoms with E-state index in [1.807, 2.05) is 43.6 Å². The van der Waals surface area contributed by atoms with Crippen molar-refractivity contribution in [2.45, 2.75) is 25.7 Å². The van der Waals surface area contributed by atoms with Crippen molar-refractivity contribution in [3.05, 3.63) is 60.3 Å². The van der Waals surface area contributed by atoms with E-state index < -0.39 is 0 Å². The van der Waals surface area contributed by atoms with Crippen LogP contribution in [0.1, 0.15) is 30.0 Å². The average Bonchev–Trinajstić information content (AvgIpc) is 2.71. The molecule has 0 radical (unpaired) electrons. The lowest BCUT2D eigenvalue weighted by atomic mass is 9.93. The van der Waals surface area contributed by atoms with Gasteiger partial charge < -0.3 is 10.2 Å². The van der Waals surface area contributed by atoms with E-state index in [4.69, 9.17) is 4.98 Å². The highest BCUT2D eigenvalue weighted by Crippen LogP contribution is 2.28. The quantitative estimate of drug-likeness (QED) is 0.777. The average molecular weight is 347 g/mol. The molecule has 4 rings (SSSR count). The fourth-order valence-corrected chi connectivity index (χ4v) is 3.15. The normalized spacial score (nSPS) is 15.0. The number of anilines is 3. The number of nitrogens with zero attached hydrogens (tertiary/aromatic N) is 6. The molecule has 26 heavy (non-hydrogen) atoms. The summed E-state index contributed by atoms with van der Waals surface area (Å²) in [5.74, 6) is 2.57. The Morgan fingerprint density at radius 2 is 1.77 bits per heavy atom. The number of aromatic nitrogens is 5. The summed E-state index contributed by atoms with van der Waals surface area (Å²) in [6.07, 6.45) is 9.26. The van der Waals surface area contributed by atoms with Gasteiger partial charge in [-0.3, -0.25) is 0 Å². The van der Waals surface area contributed by atoms with Gasteiger partial charge in [0.15, 0.2) is 0 Å². The minimum Gasteiger partial charge on any atom is -0.341 e. The number of hydrogen-bond acceptors (Lipinski definition) is 7. The second kappa shape index (κ2) is 7.43. The van der Waals surface area contributed by atoms with Crippen LogP contribution in [0.5, 0.6) is 0 Å². The van der Waals surface area contributed by atoms with Crippen LogP contribution in [0.15, 0.2) is 49.1 Å². The zero-order valence-corrected chi connectivity index (χ0v) is 14.7. The van der Waals surface area contributed by atoms with Crippen LogP contribution in [0.2, 0.25) is 0 Å². The molecule has 0 amide bonds. The Bertz CT molecular complexity index is 843. The molecular weight excluding hydrogens is 326 g/mol. The third kappa shape index (κ3) is 3.77. The van der Waals surface area contributed by atoms with E-state index in [1.54, 1.807) is 12.4 Å². The molecule has 4 heterocycles. The van der Waals surface area contributed by atoms with E-state index in [1.165, 1.54) is 0 Å². The molecule has 0 saturated carbocycles. The number of nitrogens with one attached hydrogen (secondary N) is 1. The topological polar surface area (TPSA) is 79.7 Å². The number of rotatable bonds is 4. The molecule has 1 saturated heterocycles. The van der Waals surface area contributed by atoms with Crippen LogP contribution in [0, 0.1) is 6.92 Å². The molecule has 1 N–H and O–H groups in total. The standard InChI is InChI=1S/C19H21N7/c1-14-3-4-17(23-13-14)25-18-20-10-5-16(24-18)15-6-11-26(12-7-15)19-21-8-2-9-22-19/h2-5,8-10,13,15H,6-7,11-12H2,1H3,(H,20,23,24,25). The van der Waals surface area contributed by atoms with E-state index in [9.17, 15) is 0 Å². The smallest absolute Gasteiger partial charge is 0.228 e. The van der Waals surface area contributed by atoms with E-state index >= 15 is 0 Å². The first-order valence-electron chi connectivity index (χ1n) is 8.82. The van der Waals surface area contributed by atoms with E-state index in [-0.39, 0.29) is 0 Å². The van der Waals surface area contributed by atoms with Crippen LogP contribution in [0.3, 0.4) is 0 Å². The monoisotopic (exact) mass is 347 g/mol. The van der Waals surface area contributed by atoms with Gasteiger partial charge in [-0.05, 0) is 43.5 Å². The zero-order chi connectivity index (χ0) is 17.8. The van der Waals surface area contributed by atoms with Crippen molar-refractivity contribution in [2.24, 2.45) is 0 Å². The molecule has 0 aliphatic carbocycles. The van der Waals surface area contributed by atoms with E-state index in [0.717, 1.165) is 49.0 Å². The van der Waals surface area contributed by atoms with Gasteiger partial charge in [-0.2, -0.15) is 0 Å². The van der Waals surface area contributed by atoms with Gasteiger partial charge in [0.25, 0.3) is 0 Å². The molecule has 0 unspecified atom stereocenters. The van der Waals surface area contributed by atoms with Gasteiger partial charge in [0.2, 0.25) is 11.9 Å². The van der Waals surface area contributed by atoms with E-state index in [0.29, 0.717) is 11.9 Å². The summed E-state index contributed by atoms with van der Waals surface area (Å²) in [6, 6.07) is 7.80. The van der Waals surface area contributed by atoms with Crippen LogP contribution in [0.4, 0.5) is 17.7 Å². The largest absolute Gasteiger partial charge is 0.341 e. The molecule has 0 atom stereocenters. The van der Waals surface area contributed by atoms with Gasteiger partial charge in [-0.25, -0.2) is 24.9 Å². The van der Waals surface area contributed by atoms with Gasteiger partial charge >= 0.3 is 0 Å². The molecule has 7 heteroatoms. The second-order valence-electron chi connectivity index (χ2n) is 6.46. The minimum absolute atomic E-state index is 0.421. The number of hydrogen-bond donors (Lipinski definition) is 1. The zero-order valence-electron chi connectivity index (χ0n) is 14.7. The fraction of sp³-hybridized carbons (Fsp3) is 0.316. The Kier molecular flexibility index (Phi) is 4.68. The maximum absolute atomic E-state index is 4.70. The number of pyridine rings is 1. The summed E-state index contributed by atoms with van der Waals surface area (Å²) in [6.45, 7) is 3.88. The minimum atomic E-state index is 0.421. The molecule has 1 aliphatic rings. The first-order valence-corrected chi connectivity index (χ1v) is 8.82. The highest BCUT2D eigenvalue weighted by Gasteiger charge is 2.23. The molecule has 7 nitrogen and oxygen atoms in total. The first kappa shape index (κ1) is 16.4. The number of aryl methyl sites for hydroxylation is 1. The predicted octanol–water partition coefficient (Wildman–Crippen LogP) is 3.10. The Morgan fingerprint density at radius 1 is 0.962 bits per heavy atom. The maximum atomic E-state index is 4.70. The van der Waals surface area contributed by atoms with Crippen molar-refractivity contribution in [1.29, 1.82) is 0 Å². The second-order valence-corrected chi connectivity index (χ2v) is 6.46. The first-order chi connectivity index (χ1) is 12.8. The maximum Gasteiger partial charge on any atom is 0.228 e. The summed E-state index contributed by atoms with van der Waals surface area (Å²) in [4.78, 5) is 24.3. The fourth-order valence-electron chi connectivity index (χ4n) is 3.15. The van der Waals surface area contributed by atoms with Crippen LogP contribution in [-0.4, -0.2) is 38.0 Å². The summed E-state index contributed by atoms with van der Waals surface area (Å²) in [5.41, 5.74) is 2.20. The summed E-state index contributed by atoms with van der Waals surface area (Å²) >= 11 is 0. The summed E-state index contributed by atoms with van der Waals surface area (Å²) in [7, 11) is 0. The highest BCUT2D eigenvalue weighted by atomic mass is 15.2. The molecule has 1 fully saturated rings. The third-order valence-electron chi connectivity index (χ3n) is 4.58. The third-order valence-corrected chi connectivity index (χ3v) is 4.58. The van der Waals surface area contributed by atoms with Crippen molar-refractivity contribution < 1.29 is 0 Å². The van der Waals surface area contributed by atoms with Crippen molar-refractivity contribution in [3.8, 4) is 0 Å². The van der Waals surface area contributed by atoms with Crippen molar-refractivity contribution in [3.63, 3.8) is 0 Å². The van der Waals surface area contributed by atoms with Crippen molar-refractivity contribution >= 4 is 17.7 Å². The Balaban J connectivity index is 1.42. The molecule has 3 aromatic heterocycles. The van der Waals surface area contributed by atoms with Crippen molar-refractivity contribution in [1.82, 2.24) is 24.9 Å². The van der Waals surface area contributed by atoms with Crippen molar-refractivity contribution in [2.75, 3.05) is 23.3 Å². The van der Waals surface area contributed by atoms with Crippen LogP contribution in [0.25, 0.3) is 0 Å². The lowest BCUT2D eigenvalue weighted by Gasteiger charge is -2.31. The van der Waals surface area contributed by atoms with Crippen LogP contribution < -0.4 is 10.2 Å². The predicted molar refractivity (Wildman–Crippen MR) is 101 cm³/mol. The van der Waals surface area contributed by atoms with Gasteiger partial charge in [0, 0.05) is 49.5 Å². The SMILES string of the molecule is Cc1ccc(Nc2nccc(C3CCN(c4ncccn4)CC3)n2)nc1. The van der Waals surface area contributed by atoms with Gasteiger partial charge in [-0.1, -0.05) is 6.07 Å². The lowest BCUT2D eigenvalue weighted by molar-refractivity contribution is 0.490. The molecule has 0 spiro atoms. The molecular formula is C19H21N7. The molecule has 1 aliphatic heterocycles. The van der Waals surface area contributed by atoms with Gasteiger partial charge in [-0.15, -0.1) is 0 Å². The van der Waals surface area contributed by atoms with Gasteiger partial charge in [0.05, 0.1) is 0 Å². The van der Waals surface area contributed by atoms with E-state index in [2.05, 4.69) is 30.2 Å². The summed E-state index contributed by atoms with van der Waals surface area (Å²) < 4.78 is 0. The number of piperidine rings is 1. The molecule has 0 aromatic carbocycles. The summed E-state index contributed by atoms with van der Waals surface area (Å²) in [5, 5.41) is 3.18. The Hall–Kier alpha value is -3.09. The van der Waals surface area contributed by atoms with Gasteiger partial charge in [0.1, 0.15) is 5.82 Å². The Labute approximate surface area is 152 Å². The van der Waals surface area contributed by atoms with Crippen LogP contribution in [-0.2, 0) is 0 Å². The highest BCUT2D eigenvalue weighted by molar-refractivity contribution is 5.47.